The smallest absolute Gasteiger partial charge is 0.239 e. The molecule has 2 saturated carbocycles. The first-order valence-electron chi connectivity index (χ1n) is 8.61. The zero-order valence-corrected chi connectivity index (χ0v) is 15.7. The Labute approximate surface area is 150 Å². The van der Waals surface area contributed by atoms with Crippen LogP contribution in [-0.4, -0.2) is 52.5 Å². The fourth-order valence-electron chi connectivity index (χ4n) is 3.51. The van der Waals surface area contributed by atoms with E-state index in [9.17, 15) is 18.4 Å². The molecule has 2 aliphatic carbocycles. The molecule has 25 heavy (non-hydrogen) atoms. The van der Waals surface area contributed by atoms with Crippen LogP contribution in [0.4, 0.5) is 0 Å². The maximum atomic E-state index is 11.7. The zero-order chi connectivity index (χ0) is 18.6. The molecule has 2 rings (SSSR count). The molecule has 0 saturated heterocycles. The molecule has 0 aliphatic heterocycles. The third-order valence-corrected chi connectivity index (χ3v) is 5.16. The maximum Gasteiger partial charge on any atom is 0.239 e. The van der Waals surface area contributed by atoms with E-state index in [-0.39, 0.29) is 37.0 Å². The number of hydrogen-bond donors (Lipinski definition) is 2. The van der Waals surface area contributed by atoms with E-state index >= 15 is 0 Å². The van der Waals surface area contributed by atoms with Crippen LogP contribution in [0.1, 0.15) is 40.0 Å². The van der Waals surface area contributed by atoms with E-state index in [0.29, 0.717) is 12.5 Å². The van der Waals surface area contributed by atoms with Gasteiger partial charge in [-0.2, -0.15) is 0 Å². The van der Waals surface area contributed by atoms with Gasteiger partial charge in [-0.3, -0.25) is 13.8 Å². The molecular weight excluding hydrogens is 348 g/mol. The summed E-state index contributed by atoms with van der Waals surface area (Å²) in [6, 6.07) is 0. The average Bonchev–Trinajstić information content (AvgIpc) is 3.10. The predicted octanol–water partition coefficient (Wildman–Crippen LogP) is 0.259. The fraction of sp³-hybridized carbons (Fsp3) is 0.875. The van der Waals surface area contributed by atoms with Gasteiger partial charge in [0.1, 0.15) is 6.10 Å². The van der Waals surface area contributed by atoms with Crippen LogP contribution in [0.3, 0.4) is 0 Å². The van der Waals surface area contributed by atoms with Crippen LogP contribution >= 0.6 is 0 Å². The largest absolute Gasteiger partial charge is 0.750 e. The topological polar surface area (TPSA) is 117 Å². The molecule has 2 fully saturated rings. The van der Waals surface area contributed by atoms with Crippen LogP contribution < -0.4 is 10.6 Å². The number of ether oxygens (including phenoxy) is 1. The second kappa shape index (κ2) is 8.57. The van der Waals surface area contributed by atoms with Gasteiger partial charge in [0.25, 0.3) is 0 Å². The van der Waals surface area contributed by atoms with Gasteiger partial charge in [-0.25, -0.2) is 4.21 Å². The van der Waals surface area contributed by atoms with Crippen LogP contribution in [0, 0.1) is 17.3 Å². The van der Waals surface area contributed by atoms with Crippen molar-refractivity contribution in [3.05, 3.63) is 0 Å². The summed E-state index contributed by atoms with van der Waals surface area (Å²) in [5.74, 6) is 0.0736. The molecule has 0 radical (unpaired) electrons. The summed E-state index contributed by atoms with van der Waals surface area (Å²) >= 11 is -2.55. The summed E-state index contributed by atoms with van der Waals surface area (Å²) in [4.78, 5) is 23.4. The number of carbonyl (C=O) groups excluding carboxylic acids is 2. The van der Waals surface area contributed by atoms with Gasteiger partial charge in [-0.15, -0.1) is 0 Å². The van der Waals surface area contributed by atoms with Crippen molar-refractivity contribution in [1.82, 2.24) is 10.6 Å². The molecule has 9 heteroatoms. The molecule has 5 unspecified atom stereocenters. The van der Waals surface area contributed by atoms with Crippen LogP contribution in [0.25, 0.3) is 0 Å². The van der Waals surface area contributed by atoms with E-state index in [2.05, 4.69) is 10.6 Å². The second-order valence-electron chi connectivity index (χ2n) is 7.72. The number of hydrogen-bond acceptors (Lipinski definition) is 6. The normalized spacial score (nSPS) is 29.4. The first kappa shape index (κ1) is 20.3. The molecule has 144 valence electrons. The lowest BCUT2D eigenvalue weighted by Gasteiger charge is -2.31. The van der Waals surface area contributed by atoms with Gasteiger partial charge in [0.15, 0.2) is 0 Å². The first-order chi connectivity index (χ1) is 11.7. The lowest BCUT2D eigenvalue weighted by molar-refractivity contribution is -0.131. The first-order valence-corrected chi connectivity index (χ1v) is 9.61. The molecular formula is C16H27N2O6S-. The summed E-state index contributed by atoms with van der Waals surface area (Å²) < 4.78 is 32.4. The minimum atomic E-state index is -2.55. The molecule has 0 aromatic heterocycles. The van der Waals surface area contributed by atoms with E-state index in [0.717, 1.165) is 19.3 Å². The van der Waals surface area contributed by atoms with Crippen molar-refractivity contribution < 1.29 is 27.3 Å². The Morgan fingerprint density at radius 3 is 2.40 bits per heavy atom. The highest BCUT2D eigenvalue weighted by molar-refractivity contribution is 7.74. The van der Waals surface area contributed by atoms with E-state index in [1.165, 1.54) is 0 Å². The Morgan fingerprint density at radius 1 is 1.16 bits per heavy atom. The molecule has 2 bridgehead atoms. The van der Waals surface area contributed by atoms with Crippen molar-refractivity contribution in [2.24, 2.45) is 17.3 Å². The highest BCUT2D eigenvalue weighted by Gasteiger charge is 2.49. The summed E-state index contributed by atoms with van der Waals surface area (Å²) in [6.07, 6.45) is 2.26. The summed E-state index contributed by atoms with van der Waals surface area (Å²) in [5, 5.41) is 5.25. The number of rotatable bonds is 8. The van der Waals surface area contributed by atoms with Gasteiger partial charge in [0.05, 0.1) is 30.6 Å². The summed E-state index contributed by atoms with van der Waals surface area (Å²) in [5.41, 5.74) is -0.540. The lowest BCUT2D eigenvalue weighted by atomic mass is 9.95. The minimum absolute atomic E-state index is 0.0782. The van der Waals surface area contributed by atoms with Gasteiger partial charge in [-0.05, 0) is 31.1 Å². The van der Waals surface area contributed by atoms with Crippen molar-refractivity contribution in [3.63, 3.8) is 0 Å². The van der Waals surface area contributed by atoms with Gasteiger partial charge in [0, 0.05) is 12.0 Å². The Bertz CT molecular complexity index is 521. The standard InChI is InChI=1S/C16H28N2O6S/c1-16(2,3)15(20)18-9-12(19)17-6-7-23-13-10-4-5-11(8-10)14(13)24-25(21)22/h10-11,13-14H,4-9H2,1-3H3,(H,17,19)(H,18,20)(H,21,22)/p-1. The molecule has 2 amide bonds. The third kappa shape index (κ3) is 5.73. The molecule has 5 atom stereocenters. The van der Waals surface area contributed by atoms with Crippen molar-refractivity contribution in [3.8, 4) is 0 Å². The van der Waals surface area contributed by atoms with Crippen LogP contribution in [0.15, 0.2) is 0 Å². The maximum absolute atomic E-state index is 11.7. The molecule has 0 aromatic carbocycles. The molecule has 0 spiro atoms. The van der Waals surface area contributed by atoms with Crippen molar-refractivity contribution in [2.75, 3.05) is 19.7 Å². The number of fused-ring (bicyclic) bond motifs is 2. The number of amides is 2. The monoisotopic (exact) mass is 375 g/mol. The fourth-order valence-corrected chi connectivity index (χ4v) is 3.96. The molecule has 0 aromatic rings. The molecule has 8 nitrogen and oxygen atoms in total. The predicted molar refractivity (Wildman–Crippen MR) is 89.8 cm³/mol. The van der Waals surface area contributed by atoms with Crippen molar-refractivity contribution >= 4 is 23.2 Å². The Morgan fingerprint density at radius 2 is 1.80 bits per heavy atom. The van der Waals surface area contributed by atoms with Gasteiger partial charge in [0.2, 0.25) is 11.8 Å². The van der Waals surface area contributed by atoms with Gasteiger partial charge < -0.3 is 19.9 Å². The quantitative estimate of drug-likeness (QED) is 0.464. The summed E-state index contributed by atoms with van der Waals surface area (Å²) in [6.45, 7) is 5.82. The zero-order valence-electron chi connectivity index (χ0n) is 14.9. The Balaban J connectivity index is 1.66. The van der Waals surface area contributed by atoms with E-state index in [4.69, 9.17) is 8.92 Å². The highest BCUT2D eigenvalue weighted by Crippen LogP contribution is 2.47. The van der Waals surface area contributed by atoms with E-state index < -0.39 is 22.9 Å². The molecule has 2 aliphatic rings. The minimum Gasteiger partial charge on any atom is -0.750 e. The van der Waals surface area contributed by atoms with Crippen LogP contribution in [0.5, 0.6) is 0 Å². The van der Waals surface area contributed by atoms with E-state index in [1.807, 2.05) is 0 Å². The third-order valence-electron chi connectivity index (χ3n) is 4.78. The lowest BCUT2D eigenvalue weighted by Crippen LogP contribution is -2.43. The number of nitrogens with one attached hydrogen (secondary N) is 2. The van der Waals surface area contributed by atoms with Crippen molar-refractivity contribution in [1.29, 1.82) is 0 Å². The van der Waals surface area contributed by atoms with Crippen LogP contribution in [-0.2, 0) is 29.9 Å². The van der Waals surface area contributed by atoms with Crippen molar-refractivity contribution in [2.45, 2.75) is 52.2 Å². The summed E-state index contributed by atoms with van der Waals surface area (Å²) in [7, 11) is 0. The molecule has 2 N–H and O–H groups in total. The van der Waals surface area contributed by atoms with Crippen LogP contribution in [0.2, 0.25) is 0 Å². The Kier molecular flexibility index (Phi) is 6.95. The highest BCUT2D eigenvalue weighted by atomic mass is 32.2. The second-order valence-corrected chi connectivity index (χ2v) is 8.32. The average molecular weight is 375 g/mol. The molecule has 0 heterocycles. The van der Waals surface area contributed by atoms with Gasteiger partial charge >= 0.3 is 0 Å². The van der Waals surface area contributed by atoms with Gasteiger partial charge in [-0.1, -0.05) is 20.8 Å². The van der Waals surface area contributed by atoms with E-state index in [1.54, 1.807) is 20.8 Å². The Hall–Kier alpha value is -1.03. The number of carbonyl (C=O) groups is 2. The SMILES string of the molecule is CC(C)(C)C(=O)NCC(=O)NCCOC1C2CCC(C2)C1OS(=O)[O-].